The van der Waals surface area contributed by atoms with Crippen LogP contribution in [0.3, 0.4) is 0 Å². The first-order chi connectivity index (χ1) is 12.2. The standard InChI is InChI=1S/C22H25NO2/c24-22(25)19-9-6-16(7-10-19)13-23-14-17(15-23)8-11-20-12-21(20)18-4-2-1-3-5-18/h1-7,9-10,17,20-21H,8,11-15H2,(H,24,25). The van der Waals surface area contributed by atoms with Crippen LogP contribution < -0.4 is 0 Å². The van der Waals surface area contributed by atoms with Crippen molar-refractivity contribution in [3.8, 4) is 0 Å². The number of rotatable bonds is 7. The smallest absolute Gasteiger partial charge is 0.335 e. The van der Waals surface area contributed by atoms with Crippen molar-refractivity contribution in [3.63, 3.8) is 0 Å². The quantitative estimate of drug-likeness (QED) is 0.815. The SMILES string of the molecule is O=C(O)c1ccc(CN2CC(CCC3CC3c3ccccc3)C2)cc1. The molecule has 2 fully saturated rings. The Balaban J connectivity index is 1.16. The highest BCUT2D eigenvalue weighted by atomic mass is 16.4. The fraction of sp³-hybridized carbons (Fsp3) is 0.409. The van der Waals surface area contributed by atoms with Gasteiger partial charge in [0.2, 0.25) is 0 Å². The van der Waals surface area contributed by atoms with Crippen molar-refractivity contribution in [1.82, 2.24) is 4.90 Å². The second kappa shape index (κ2) is 7.01. The van der Waals surface area contributed by atoms with E-state index in [1.165, 1.54) is 43.5 Å². The summed E-state index contributed by atoms with van der Waals surface area (Å²) in [5.41, 5.74) is 3.09. The van der Waals surface area contributed by atoms with Gasteiger partial charge in [0.1, 0.15) is 0 Å². The van der Waals surface area contributed by atoms with Crippen LogP contribution in [0.15, 0.2) is 54.6 Å². The van der Waals surface area contributed by atoms with Gasteiger partial charge in [-0.25, -0.2) is 4.79 Å². The zero-order valence-electron chi connectivity index (χ0n) is 14.5. The van der Waals surface area contributed by atoms with Crippen molar-refractivity contribution in [2.45, 2.75) is 31.7 Å². The molecule has 0 radical (unpaired) electrons. The molecule has 3 heteroatoms. The maximum Gasteiger partial charge on any atom is 0.335 e. The number of aromatic carboxylic acids is 1. The molecule has 3 nitrogen and oxygen atoms in total. The van der Waals surface area contributed by atoms with Crippen LogP contribution in [0.2, 0.25) is 0 Å². The molecule has 130 valence electrons. The average Bonchev–Trinajstić information content (AvgIpc) is 3.37. The monoisotopic (exact) mass is 335 g/mol. The lowest BCUT2D eigenvalue weighted by Gasteiger charge is -2.39. The highest BCUT2D eigenvalue weighted by Gasteiger charge is 2.38. The third kappa shape index (κ3) is 3.93. The zero-order chi connectivity index (χ0) is 17.2. The maximum absolute atomic E-state index is 10.9. The number of benzene rings is 2. The summed E-state index contributed by atoms with van der Waals surface area (Å²) in [4.78, 5) is 13.3. The Labute approximate surface area is 149 Å². The molecule has 2 aromatic rings. The third-order valence-corrected chi connectivity index (χ3v) is 5.74. The lowest BCUT2D eigenvalue weighted by molar-refractivity contribution is 0.0696. The van der Waals surface area contributed by atoms with E-state index in [1.807, 2.05) is 12.1 Å². The summed E-state index contributed by atoms with van der Waals surface area (Å²) in [7, 11) is 0. The number of hydrogen-bond acceptors (Lipinski definition) is 2. The highest BCUT2D eigenvalue weighted by molar-refractivity contribution is 5.87. The Hall–Kier alpha value is -2.13. The number of hydrogen-bond donors (Lipinski definition) is 1. The van der Waals surface area contributed by atoms with Gasteiger partial charge in [-0.05, 0) is 60.3 Å². The molecule has 1 N–H and O–H groups in total. The predicted molar refractivity (Wildman–Crippen MR) is 98.7 cm³/mol. The fourth-order valence-corrected chi connectivity index (χ4v) is 4.12. The Morgan fingerprint density at radius 1 is 1.00 bits per heavy atom. The summed E-state index contributed by atoms with van der Waals surface area (Å²) >= 11 is 0. The minimum atomic E-state index is -0.857. The number of carboxylic acid groups (broad SMARTS) is 1. The summed E-state index contributed by atoms with van der Waals surface area (Å²) in [6, 6.07) is 18.2. The van der Waals surface area contributed by atoms with Crippen LogP contribution in [0.1, 0.15) is 46.7 Å². The van der Waals surface area contributed by atoms with Gasteiger partial charge in [0.05, 0.1) is 5.56 Å². The summed E-state index contributed by atoms with van der Waals surface area (Å²) < 4.78 is 0. The first-order valence-corrected chi connectivity index (χ1v) is 9.28. The van der Waals surface area contributed by atoms with Gasteiger partial charge < -0.3 is 5.11 Å². The van der Waals surface area contributed by atoms with Crippen molar-refractivity contribution >= 4 is 5.97 Å². The van der Waals surface area contributed by atoms with E-state index in [0.29, 0.717) is 5.56 Å². The molecule has 0 aromatic heterocycles. The molecule has 2 aromatic carbocycles. The normalized spacial score (nSPS) is 23.2. The predicted octanol–water partition coefficient (Wildman–Crippen LogP) is 4.40. The van der Waals surface area contributed by atoms with Crippen LogP contribution in [0, 0.1) is 11.8 Å². The Morgan fingerprint density at radius 2 is 1.72 bits per heavy atom. The lowest BCUT2D eigenvalue weighted by Crippen LogP contribution is -2.45. The lowest BCUT2D eigenvalue weighted by atomic mass is 9.92. The van der Waals surface area contributed by atoms with Gasteiger partial charge in [-0.1, -0.05) is 42.5 Å². The van der Waals surface area contributed by atoms with Gasteiger partial charge in [-0.2, -0.15) is 0 Å². The fourth-order valence-electron chi connectivity index (χ4n) is 4.12. The molecular weight excluding hydrogens is 310 g/mol. The second-order valence-electron chi connectivity index (χ2n) is 7.65. The molecule has 2 aliphatic rings. The number of likely N-dealkylation sites (tertiary alicyclic amines) is 1. The van der Waals surface area contributed by atoms with Gasteiger partial charge >= 0.3 is 5.97 Å². The molecule has 1 aliphatic carbocycles. The first kappa shape index (κ1) is 16.3. The minimum absolute atomic E-state index is 0.364. The van der Waals surface area contributed by atoms with E-state index in [4.69, 9.17) is 5.11 Å². The van der Waals surface area contributed by atoms with Crippen LogP contribution in [0.25, 0.3) is 0 Å². The van der Waals surface area contributed by atoms with Gasteiger partial charge in [0, 0.05) is 19.6 Å². The summed E-state index contributed by atoms with van der Waals surface area (Å²) in [6.45, 7) is 3.30. The number of nitrogens with zero attached hydrogens (tertiary/aromatic N) is 1. The van der Waals surface area contributed by atoms with Crippen LogP contribution >= 0.6 is 0 Å². The van der Waals surface area contributed by atoms with Crippen molar-refractivity contribution in [1.29, 1.82) is 0 Å². The van der Waals surface area contributed by atoms with E-state index in [2.05, 4.69) is 35.2 Å². The molecule has 2 unspecified atom stereocenters. The third-order valence-electron chi connectivity index (χ3n) is 5.74. The molecule has 1 aliphatic heterocycles. The van der Waals surface area contributed by atoms with Crippen LogP contribution in [-0.2, 0) is 6.54 Å². The molecular formula is C22H25NO2. The van der Waals surface area contributed by atoms with E-state index in [-0.39, 0.29) is 0 Å². The molecule has 0 amide bonds. The minimum Gasteiger partial charge on any atom is -0.478 e. The summed E-state index contributed by atoms with van der Waals surface area (Å²) in [6.07, 6.45) is 4.09. The van der Waals surface area contributed by atoms with Crippen LogP contribution in [-0.4, -0.2) is 29.1 Å². The second-order valence-corrected chi connectivity index (χ2v) is 7.65. The van der Waals surface area contributed by atoms with Crippen molar-refractivity contribution in [2.75, 3.05) is 13.1 Å². The molecule has 25 heavy (non-hydrogen) atoms. The Morgan fingerprint density at radius 3 is 2.40 bits per heavy atom. The number of carbonyl (C=O) groups is 1. The van der Waals surface area contributed by atoms with Crippen molar-refractivity contribution in [3.05, 3.63) is 71.3 Å². The van der Waals surface area contributed by atoms with E-state index in [0.717, 1.165) is 24.3 Å². The van der Waals surface area contributed by atoms with Crippen molar-refractivity contribution in [2.24, 2.45) is 11.8 Å². The van der Waals surface area contributed by atoms with Gasteiger partial charge in [0.25, 0.3) is 0 Å². The van der Waals surface area contributed by atoms with Crippen molar-refractivity contribution < 1.29 is 9.90 Å². The van der Waals surface area contributed by atoms with E-state index >= 15 is 0 Å². The van der Waals surface area contributed by atoms with Gasteiger partial charge in [-0.15, -0.1) is 0 Å². The highest BCUT2D eigenvalue weighted by Crippen LogP contribution is 2.50. The summed E-state index contributed by atoms with van der Waals surface area (Å²) in [5, 5.41) is 8.94. The molecule has 0 bridgehead atoms. The summed E-state index contributed by atoms with van der Waals surface area (Å²) in [5.74, 6) is 1.70. The molecule has 1 saturated carbocycles. The Kier molecular flexibility index (Phi) is 4.58. The van der Waals surface area contributed by atoms with Crippen LogP contribution in [0.4, 0.5) is 0 Å². The zero-order valence-corrected chi connectivity index (χ0v) is 14.5. The maximum atomic E-state index is 10.9. The Bertz CT molecular complexity index is 719. The molecule has 1 saturated heterocycles. The number of carboxylic acids is 1. The average molecular weight is 335 g/mol. The first-order valence-electron chi connectivity index (χ1n) is 9.28. The van der Waals surface area contributed by atoms with E-state index < -0.39 is 5.97 Å². The van der Waals surface area contributed by atoms with E-state index in [9.17, 15) is 4.79 Å². The topological polar surface area (TPSA) is 40.5 Å². The van der Waals surface area contributed by atoms with Gasteiger partial charge in [-0.3, -0.25) is 4.90 Å². The molecule has 4 rings (SSSR count). The largest absolute Gasteiger partial charge is 0.478 e. The van der Waals surface area contributed by atoms with Gasteiger partial charge in [0.15, 0.2) is 0 Å². The van der Waals surface area contributed by atoms with E-state index in [1.54, 1.807) is 12.1 Å². The molecule has 1 heterocycles. The molecule has 2 atom stereocenters. The molecule has 0 spiro atoms. The van der Waals surface area contributed by atoms with Crippen LogP contribution in [0.5, 0.6) is 0 Å².